The highest BCUT2D eigenvalue weighted by atomic mass is 16.1. The number of carbonyl (C=O) groups excluding carboxylic acids is 1. The highest BCUT2D eigenvalue weighted by Gasteiger charge is 2.23. The maximum absolute atomic E-state index is 12.3. The summed E-state index contributed by atoms with van der Waals surface area (Å²) in [7, 11) is 2.07. The van der Waals surface area contributed by atoms with Crippen LogP contribution >= 0.6 is 0 Å². The highest BCUT2D eigenvalue weighted by Crippen LogP contribution is 2.25. The molecular formula is C20H27N3O. The van der Waals surface area contributed by atoms with Gasteiger partial charge in [0.2, 0.25) is 0 Å². The van der Waals surface area contributed by atoms with Gasteiger partial charge in [-0.15, -0.1) is 0 Å². The van der Waals surface area contributed by atoms with Gasteiger partial charge in [0.25, 0.3) is 0 Å². The van der Waals surface area contributed by atoms with Crippen LogP contribution in [0.3, 0.4) is 0 Å². The van der Waals surface area contributed by atoms with Gasteiger partial charge in [-0.2, -0.15) is 0 Å². The number of carbonyl (C=O) groups is 1. The number of imidazole rings is 1. The second kappa shape index (κ2) is 7.75. The van der Waals surface area contributed by atoms with E-state index in [2.05, 4.69) is 21.5 Å². The van der Waals surface area contributed by atoms with E-state index in [1.807, 2.05) is 43.6 Å². The van der Waals surface area contributed by atoms with E-state index in [0.717, 1.165) is 31.6 Å². The van der Waals surface area contributed by atoms with Crippen LogP contribution in [0.5, 0.6) is 0 Å². The average molecular weight is 325 g/mol. The molecule has 2 heterocycles. The van der Waals surface area contributed by atoms with E-state index in [-0.39, 0.29) is 5.78 Å². The van der Waals surface area contributed by atoms with Crippen molar-refractivity contribution < 1.29 is 4.79 Å². The lowest BCUT2D eigenvalue weighted by molar-refractivity contribution is 0.0971. The Morgan fingerprint density at radius 3 is 2.79 bits per heavy atom. The molecule has 4 nitrogen and oxygen atoms in total. The van der Waals surface area contributed by atoms with Gasteiger partial charge in [0.1, 0.15) is 5.82 Å². The van der Waals surface area contributed by atoms with Gasteiger partial charge in [-0.1, -0.05) is 29.8 Å². The molecule has 1 fully saturated rings. The van der Waals surface area contributed by atoms with E-state index < -0.39 is 0 Å². The first kappa shape index (κ1) is 16.9. The van der Waals surface area contributed by atoms with Crippen LogP contribution in [0.4, 0.5) is 0 Å². The van der Waals surface area contributed by atoms with Crippen molar-refractivity contribution in [2.75, 3.05) is 19.6 Å². The van der Waals surface area contributed by atoms with Crippen molar-refractivity contribution in [2.45, 2.75) is 38.5 Å². The third-order valence-electron chi connectivity index (χ3n) is 4.98. The van der Waals surface area contributed by atoms with Gasteiger partial charge in [0, 0.05) is 43.9 Å². The first-order valence-corrected chi connectivity index (χ1v) is 8.93. The topological polar surface area (TPSA) is 38.1 Å². The normalized spacial score (nSPS) is 18.7. The Balaban J connectivity index is 1.47. The Labute approximate surface area is 144 Å². The predicted octanol–water partition coefficient (Wildman–Crippen LogP) is 3.57. The minimum absolute atomic E-state index is 0.257. The zero-order valence-corrected chi connectivity index (χ0v) is 14.7. The largest absolute Gasteiger partial charge is 0.338 e. The van der Waals surface area contributed by atoms with Crippen LogP contribution in [-0.4, -0.2) is 39.9 Å². The number of nitrogens with zero attached hydrogens (tertiary/aromatic N) is 3. The molecule has 0 saturated carbocycles. The smallest absolute Gasteiger partial charge is 0.162 e. The lowest BCUT2D eigenvalue weighted by Crippen LogP contribution is -2.36. The summed E-state index contributed by atoms with van der Waals surface area (Å²) < 4.78 is 2.13. The summed E-state index contributed by atoms with van der Waals surface area (Å²) in [4.78, 5) is 19.3. The minimum atomic E-state index is 0.257. The Kier molecular flexibility index (Phi) is 5.46. The number of Topliss-reactive ketones (excluding diaryl/α,β-unsaturated/α-hetero) is 1. The van der Waals surface area contributed by atoms with Crippen LogP contribution < -0.4 is 0 Å². The number of hydrogen-bond donors (Lipinski definition) is 0. The fourth-order valence-corrected chi connectivity index (χ4v) is 3.59. The first-order valence-electron chi connectivity index (χ1n) is 8.93. The van der Waals surface area contributed by atoms with Gasteiger partial charge >= 0.3 is 0 Å². The van der Waals surface area contributed by atoms with Gasteiger partial charge in [-0.3, -0.25) is 4.79 Å². The van der Waals surface area contributed by atoms with Crippen molar-refractivity contribution >= 4 is 5.78 Å². The Hall–Kier alpha value is -1.94. The second-order valence-corrected chi connectivity index (χ2v) is 6.93. The molecule has 0 radical (unpaired) electrons. The molecule has 0 amide bonds. The predicted molar refractivity (Wildman–Crippen MR) is 96.4 cm³/mol. The molecule has 1 atom stereocenters. The van der Waals surface area contributed by atoms with Gasteiger partial charge < -0.3 is 9.47 Å². The molecule has 1 saturated heterocycles. The number of likely N-dealkylation sites (tertiary alicyclic amines) is 1. The Bertz CT molecular complexity index is 674. The van der Waals surface area contributed by atoms with E-state index in [1.165, 1.54) is 24.2 Å². The van der Waals surface area contributed by atoms with Gasteiger partial charge in [0.15, 0.2) is 5.78 Å². The quantitative estimate of drug-likeness (QED) is 0.762. The molecule has 1 aromatic heterocycles. The Morgan fingerprint density at radius 2 is 2.08 bits per heavy atom. The third-order valence-corrected chi connectivity index (χ3v) is 4.98. The number of aryl methyl sites for hydroxylation is 2. The summed E-state index contributed by atoms with van der Waals surface area (Å²) in [5, 5.41) is 0. The molecule has 128 valence electrons. The maximum Gasteiger partial charge on any atom is 0.162 e. The SMILES string of the molecule is Cc1ccc(C(=O)CCCN2CCC[C@@H](c3nccn3C)C2)cc1. The summed E-state index contributed by atoms with van der Waals surface area (Å²) in [6.07, 6.45) is 7.89. The lowest BCUT2D eigenvalue weighted by Gasteiger charge is -2.32. The number of aromatic nitrogens is 2. The second-order valence-electron chi connectivity index (χ2n) is 6.93. The molecule has 0 bridgehead atoms. The van der Waals surface area contributed by atoms with Gasteiger partial charge in [-0.05, 0) is 39.3 Å². The minimum Gasteiger partial charge on any atom is -0.338 e. The zero-order chi connectivity index (χ0) is 16.9. The summed E-state index contributed by atoms with van der Waals surface area (Å²) in [5.41, 5.74) is 2.03. The van der Waals surface area contributed by atoms with Crippen LogP contribution in [0.2, 0.25) is 0 Å². The fraction of sp³-hybridized carbons (Fsp3) is 0.500. The molecule has 0 spiro atoms. The summed E-state index contributed by atoms with van der Waals surface area (Å²) in [6, 6.07) is 7.90. The van der Waals surface area contributed by atoms with E-state index in [4.69, 9.17) is 0 Å². The van der Waals surface area contributed by atoms with Crippen molar-refractivity contribution in [2.24, 2.45) is 7.05 Å². The molecule has 1 aromatic carbocycles. The lowest BCUT2D eigenvalue weighted by atomic mass is 9.96. The molecule has 24 heavy (non-hydrogen) atoms. The van der Waals surface area contributed by atoms with Crippen LogP contribution in [0.15, 0.2) is 36.7 Å². The van der Waals surface area contributed by atoms with E-state index in [0.29, 0.717) is 12.3 Å². The number of rotatable bonds is 6. The fourth-order valence-electron chi connectivity index (χ4n) is 3.59. The zero-order valence-electron chi connectivity index (χ0n) is 14.7. The average Bonchev–Trinajstić information content (AvgIpc) is 3.02. The standard InChI is InChI=1S/C20H27N3O/c1-16-7-9-17(10-8-16)19(24)6-4-13-23-12-3-5-18(15-23)20-21-11-14-22(20)2/h7-11,14,18H,3-6,12-13,15H2,1-2H3/t18-/m1/s1. The van der Waals surface area contributed by atoms with E-state index >= 15 is 0 Å². The maximum atomic E-state index is 12.3. The summed E-state index contributed by atoms with van der Waals surface area (Å²) in [5.74, 6) is 1.97. The molecule has 3 rings (SSSR count). The number of benzene rings is 1. The summed E-state index contributed by atoms with van der Waals surface area (Å²) in [6.45, 7) is 5.24. The molecule has 1 aliphatic heterocycles. The molecule has 0 N–H and O–H groups in total. The van der Waals surface area contributed by atoms with E-state index in [1.54, 1.807) is 0 Å². The molecule has 2 aromatic rings. The monoisotopic (exact) mass is 325 g/mol. The molecule has 1 aliphatic rings. The summed E-state index contributed by atoms with van der Waals surface area (Å²) >= 11 is 0. The highest BCUT2D eigenvalue weighted by molar-refractivity contribution is 5.96. The molecule has 4 heteroatoms. The van der Waals surface area contributed by atoms with Crippen molar-refractivity contribution in [3.63, 3.8) is 0 Å². The van der Waals surface area contributed by atoms with Crippen molar-refractivity contribution in [3.05, 3.63) is 53.6 Å². The van der Waals surface area contributed by atoms with Crippen LogP contribution in [0.25, 0.3) is 0 Å². The molecule has 0 unspecified atom stereocenters. The number of hydrogen-bond acceptors (Lipinski definition) is 3. The van der Waals surface area contributed by atoms with Crippen LogP contribution in [-0.2, 0) is 7.05 Å². The van der Waals surface area contributed by atoms with Crippen molar-refractivity contribution in [1.29, 1.82) is 0 Å². The van der Waals surface area contributed by atoms with Crippen LogP contribution in [0, 0.1) is 6.92 Å². The number of piperidine rings is 1. The van der Waals surface area contributed by atoms with Crippen LogP contribution in [0.1, 0.15) is 53.3 Å². The van der Waals surface area contributed by atoms with Crippen molar-refractivity contribution in [3.8, 4) is 0 Å². The first-order chi connectivity index (χ1) is 11.6. The van der Waals surface area contributed by atoms with E-state index in [9.17, 15) is 4.79 Å². The van der Waals surface area contributed by atoms with Gasteiger partial charge in [-0.25, -0.2) is 4.98 Å². The number of ketones is 1. The third kappa shape index (κ3) is 4.12. The van der Waals surface area contributed by atoms with Gasteiger partial charge in [0.05, 0.1) is 0 Å². The van der Waals surface area contributed by atoms with Crippen molar-refractivity contribution in [1.82, 2.24) is 14.5 Å². The molecule has 0 aliphatic carbocycles. The Morgan fingerprint density at radius 1 is 1.29 bits per heavy atom. The molecular weight excluding hydrogens is 298 g/mol.